The Labute approximate surface area is 113 Å². The molecule has 7 heteroatoms. The van der Waals surface area contributed by atoms with Crippen LogP contribution in [0.4, 0.5) is 5.00 Å². The normalized spacial score (nSPS) is 10.2. The van der Waals surface area contributed by atoms with Crippen molar-refractivity contribution in [2.75, 3.05) is 5.32 Å². The minimum atomic E-state index is -1.09. The number of hydrogen-bond donors (Lipinski definition) is 2. The van der Waals surface area contributed by atoms with Gasteiger partial charge in [0.1, 0.15) is 10.6 Å². The van der Waals surface area contributed by atoms with Crippen molar-refractivity contribution in [3.63, 3.8) is 0 Å². The Balaban J connectivity index is 2.10. The van der Waals surface area contributed by atoms with Crippen molar-refractivity contribution in [1.29, 1.82) is 0 Å². The maximum Gasteiger partial charge on any atom is 0.340 e. The topological polar surface area (TPSA) is 92.2 Å². The molecule has 2 aromatic rings. The van der Waals surface area contributed by atoms with E-state index in [2.05, 4.69) is 14.7 Å². The molecule has 2 N–H and O–H groups in total. The number of aromatic nitrogens is 2. The van der Waals surface area contributed by atoms with Gasteiger partial charge in [-0.3, -0.25) is 9.78 Å². The van der Waals surface area contributed by atoms with E-state index < -0.39 is 5.97 Å². The monoisotopic (exact) mass is 277 g/mol. The molecular weight excluding hydrogens is 266 g/mol. The van der Waals surface area contributed by atoms with E-state index in [4.69, 9.17) is 5.11 Å². The zero-order valence-electron chi connectivity index (χ0n) is 10.1. The van der Waals surface area contributed by atoms with E-state index in [1.807, 2.05) is 0 Å². The van der Waals surface area contributed by atoms with Crippen LogP contribution in [-0.2, 0) is 11.2 Å². The fourth-order valence-electron chi connectivity index (χ4n) is 1.56. The summed E-state index contributed by atoms with van der Waals surface area (Å²) in [5.74, 6) is -1.37. The molecule has 0 saturated carbocycles. The van der Waals surface area contributed by atoms with Crippen molar-refractivity contribution in [2.45, 2.75) is 13.3 Å². The summed E-state index contributed by atoms with van der Waals surface area (Å²) in [4.78, 5) is 26.7. The molecule has 0 radical (unpaired) electrons. The lowest BCUT2D eigenvalue weighted by Crippen LogP contribution is -2.15. The second-order valence-electron chi connectivity index (χ2n) is 3.86. The highest BCUT2D eigenvalue weighted by Crippen LogP contribution is 2.24. The lowest BCUT2D eigenvalue weighted by molar-refractivity contribution is -0.115. The molecule has 0 atom stereocenters. The third-order valence-corrected chi connectivity index (χ3v) is 3.30. The van der Waals surface area contributed by atoms with Crippen molar-refractivity contribution in [3.05, 3.63) is 41.3 Å². The number of carbonyl (C=O) groups excluding carboxylic acids is 1. The Hall–Kier alpha value is -2.28. The summed E-state index contributed by atoms with van der Waals surface area (Å²) >= 11 is 0.968. The first-order chi connectivity index (χ1) is 9.08. The van der Waals surface area contributed by atoms with Crippen LogP contribution in [0.5, 0.6) is 0 Å². The van der Waals surface area contributed by atoms with Crippen molar-refractivity contribution in [1.82, 2.24) is 9.36 Å². The number of carbonyl (C=O) groups is 2. The van der Waals surface area contributed by atoms with E-state index in [0.29, 0.717) is 5.69 Å². The lowest BCUT2D eigenvalue weighted by Gasteiger charge is -2.03. The highest BCUT2D eigenvalue weighted by atomic mass is 32.1. The van der Waals surface area contributed by atoms with Gasteiger partial charge in [0.25, 0.3) is 0 Å². The fraction of sp³-hybridized carbons (Fsp3) is 0.167. The summed E-state index contributed by atoms with van der Waals surface area (Å²) in [7, 11) is 0. The van der Waals surface area contributed by atoms with Gasteiger partial charge in [0.05, 0.1) is 12.1 Å². The van der Waals surface area contributed by atoms with E-state index >= 15 is 0 Å². The zero-order chi connectivity index (χ0) is 13.8. The molecular formula is C12H11N3O3S. The van der Waals surface area contributed by atoms with Crippen LogP contribution in [0.25, 0.3) is 0 Å². The second-order valence-corrected chi connectivity index (χ2v) is 4.63. The standard InChI is InChI=1S/C12H11N3O3S/c1-7-10(12(17)18)11(19-15-7)14-9(16)6-8-2-4-13-5-3-8/h2-5H,6H2,1H3,(H,14,16)(H,17,18). The van der Waals surface area contributed by atoms with E-state index in [9.17, 15) is 9.59 Å². The number of rotatable bonds is 4. The minimum Gasteiger partial charge on any atom is -0.478 e. The van der Waals surface area contributed by atoms with E-state index in [-0.39, 0.29) is 22.9 Å². The minimum absolute atomic E-state index is 0.0491. The number of aryl methyl sites for hydroxylation is 1. The van der Waals surface area contributed by atoms with Gasteiger partial charge in [-0.25, -0.2) is 4.79 Å². The number of amides is 1. The smallest absolute Gasteiger partial charge is 0.340 e. The predicted octanol–water partition coefficient (Wildman–Crippen LogP) is 1.73. The highest BCUT2D eigenvalue weighted by molar-refractivity contribution is 7.11. The van der Waals surface area contributed by atoms with Crippen LogP contribution in [0.2, 0.25) is 0 Å². The van der Waals surface area contributed by atoms with E-state index in [1.54, 1.807) is 31.5 Å². The van der Waals surface area contributed by atoms with Crippen LogP contribution in [0.3, 0.4) is 0 Å². The molecule has 0 fully saturated rings. The molecule has 0 aliphatic heterocycles. The third-order valence-electron chi connectivity index (χ3n) is 2.44. The summed E-state index contributed by atoms with van der Waals surface area (Å²) in [6, 6.07) is 3.46. The number of nitrogens with zero attached hydrogens (tertiary/aromatic N) is 2. The molecule has 0 aliphatic rings. The van der Waals surface area contributed by atoms with Gasteiger partial charge in [0.15, 0.2) is 0 Å². The van der Waals surface area contributed by atoms with Gasteiger partial charge >= 0.3 is 5.97 Å². The number of anilines is 1. The zero-order valence-corrected chi connectivity index (χ0v) is 10.9. The molecule has 98 valence electrons. The number of nitrogens with one attached hydrogen (secondary N) is 1. The Morgan fingerprint density at radius 3 is 2.68 bits per heavy atom. The Kier molecular flexibility index (Phi) is 3.86. The molecule has 0 spiro atoms. The summed E-state index contributed by atoms with van der Waals surface area (Å²) < 4.78 is 3.93. The van der Waals surface area contributed by atoms with E-state index in [0.717, 1.165) is 17.1 Å². The van der Waals surface area contributed by atoms with Crippen molar-refractivity contribution in [3.8, 4) is 0 Å². The van der Waals surface area contributed by atoms with Crippen LogP contribution in [0, 0.1) is 6.92 Å². The first-order valence-corrected chi connectivity index (χ1v) is 6.23. The SMILES string of the molecule is Cc1nsc(NC(=O)Cc2ccncc2)c1C(=O)O. The van der Waals surface area contributed by atoms with Gasteiger partial charge in [-0.15, -0.1) is 0 Å². The maximum atomic E-state index is 11.8. The van der Waals surface area contributed by atoms with Crippen molar-refractivity contribution in [2.24, 2.45) is 0 Å². The highest BCUT2D eigenvalue weighted by Gasteiger charge is 2.19. The Bertz CT molecular complexity index is 610. The maximum absolute atomic E-state index is 11.8. The Morgan fingerprint density at radius 1 is 1.37 bits per heavy atom. The molecule has 0 aromatic carbocycles. The number of aromatic carboxylic acids is 1. The van der Waals surface area contributed by atoms with Crippen molar-refractivity contribution < 1.29 is 14.7 Å². The number of carboxylic acid groups (broad SMARTS) is 1. The second kappa shape index (κ2) is 5.57. The quantitative estimate of drug-likeness (QED) is 0.887. The molecule has 2 rings (SSSR count). The van der Waals surface area contributed by atoms with Crippen molar-refractivity contribution >= 4 is 28.4 Å². The molecule has 2 aromatic heterocycles. The van der Waals surface area contributed by atoms with Gasteiger partial charge in [-0.1, -0.05) is 0 Å². The molecule has 2 heterocycles. The molecule has 1 amide bonds. The predicted molar refractivity (Wildman–Crippen MR) is 70.4 cm³/mol. The molecule has 19 heavy (non-hydrogen) atoms. The Morgan fingerprint density at radius 2 is 2.05 bits per heavy atom. The molecule has 0 aliphatic carbocycles. The van der Waals surface area contributed by atoms with Crippen LogP contribution in [0.15, 0.2) is 24.5 Å². The van der Waals surface area contributed by atoms with Crippen LogP contribution in [-0.4, -0.2) is 26.3 Å². The number of hydrogen-bond acceptors (Lipinski definition) is 5. The van der Waals surface area contributed by atoms with Gasteiger partial charge < -0.3 is 10.4 Å². The lowest BCUT2D eigenvalue weighted by atomic mass is 10.2. The van der Waals surface area contributed by atoms with Gasteiger partial charge in [0, 0.05) is 12.4 Å². The van der Waals surface area contributed by atoms with Crippen LogP contribution >= 0.6 is 11.5 Å². The molecule has 6 nitrogen and oxygen atoms in total. The first kappa shape index (κ1) is 13.2. The molecule has 0 unspecified atom stereocenters. The van der Waals surface area contributed by atoms with Gasteiger partial charge in [-0.2, -0.15) is 4.37 Å². The van der Waals surface area contributed by atoms with Gasteiger partial charge in [-0.05, 0) is 36.2 Å². The summed E-state index contributed by atoms with van der Waals surface area (Å²) in [6.07, 6.45) is 3.36. The fourth-order valence-corrected chi connectivity index (χ4v) is 2.37. The summed E-state index contributed by atoms with van der Waals surface area (Å²) in [5, 5.41) is 11.9. The van der Waals surface area contributed by atoms with Crippen LogP contribution < -0.4 is 5.32 Å². The molecule has 0 saturated heterocycles. The van der Waals surface area contributed by atoms with Crippen LogP contribution in [0.1, 0.15) is 21.6 Å². The third kappa shape index (κ3) is 3.14. The average Bonchev–Trinajstić information content (AvgIpc) is 2.71. The largest absolute Gasteiger partial charge is 0.478 e. The number of carboxylic acids is 1. The average molecular weight is 277 g/mol. The summed E-state index contributed by atoms with van der Waals surface area (Å²) in [6.45, 7) is 1.60. The van der Waals surface area contributed by atoms with Gasteiger partial charge in [0.2, 0.25) is 5.91 Å². The summed E-state index contributed by atoms with van der Waals surface area (Å²) in [5.41, 5.74) is 1.26. The molecule has 0 bridgehead atoms. The van der Waals surface area contributed by atoms with E-state index in [1.165, 1.54) is 0 Å². The number of pyridine rings is 1. The first-order valence-electron chi connectivity index (χ1n) is 5.46.